The van der Waals surface area contributed by atoms with Gasteiger partial charge in [-0.2, -0.15) is 39.5 Å². The van der Waals surface area contributed by atoms with Gasteiger partial charge in [0.15, 0.2) is 6.29 Å². The van der Waals surface area contributed by atoms with Crippen molar-refractivity contribution in [1.29, 1.82) is 0 Å². The molecule has 1 atom stereocenters. The Bertz CT molecular complexity index is 423. The molecule has 1 heterocycles. The molecule has 0 bridgehead atoms. The van der Waals surface area contributed by atoms with E-state index in [9.17, 15) is 39.5 Å². The van der Waals surface area contributed by atoms with E-state index in [2.05, 4.69) is 14.2 Å². The minimum Gasteiger partial charge on any atom is -0.371 e. The van der Waals surface area contributed by atoms with Crippen LogP contribution in [-0.2, 0) is 23.7 Å². The van der Waals surface area contributed by atoms with Crippen LogP contribution in [0.4, 0.5) is 39.5 Å². The highest BCUT2D eigenvalue weighted by molar-refractivity contribution is 4.80. The van der Waals surface area contributed by atoms with Gasteiger partial charge in [0, 0.05) is 6.61 Å². The second-order valence-corrected chi connectivity index (χ2v) is 6.93. The van der Waals surface area contributed by atoms with Crippen molar-refractivity contribution in [1.82, 2.24) is 0 Å². The van der Waals surface area contributed by atoms with Crippen LogP contribution in [0, 0.1) is 5.41 Å². The summed E-state index contributed by atoms with van der Waals surface area (Å²) in [5.41, 5.74) is -1.86. The zero-order valence-corrected chi connectivity index (χ0v) is 15.8. The van der Waals surface area contributed by atoms with Gasteiger partial charge in [0.25, 0.3) is 0 Å². The molecule has 5 nitrogen and oxygen atoms in total. The average Bonchev–Trinajstić information content (AvgIpc) is 2.57. The zero-order chi connectivity index (χ0) is 22.9. The van der Waals surface area contributed by atoms with E-state index >= 15 is 0 Å². The van der Waals surface area contributed by atoms with Gasteiger partial charge in [0.1, 0.15) is 19.8 Å². The fraction of sp³-hybridized carbons (Fsp3) is 1.00. The average molecular weight is 466 g/mol. The molecular weight excluding hydrogens is 443 g/mol. The molecule has 1 saturated heterocycles. The van der Waals surface area contributed by atoms with E-state index in [1.807, 2.05) is 0 Å². The van der Waals surface area contributed by atoms with Crippen LogP contribution in [-0.4, -0.2) is 77.7 Å². The first-order valence-corrected chi connectivity index (χ1v) is 8.86. The minimum absolute atomic E-state index is 0.331. The SMILES string of the molecule is FC(F)(F)COCC(COCC(F)(F)F)(COCC(F)(F)F)COC1CCCCO1. The fourth-order valence-electron chi connectivity index (χ4n) is 2.51. The molecule has 30 heavy (non-hydrogen) atoms. The molecule has 180 valence electrons. The van der Waals surface area contributed by atoms with Gasteiger partial charge in [0.2, 0.25) is 0 Å². The van der Waals surface area contributed by atoms with E-state index < -0.39 is 76.5 Å². The molecule has 1 rings (SSSR count). The quantitative estimate of drug-likeness (QED) is 0.403. The zero-order valence-electron chi connectivity index (χ0n) is 15.8. The number of ether oxygens (including phenoxy) is 5. The molecule has 0 saturated carbocycles. The first kappa shape index (κ1) is 27.2. The molecule has 0 aliphatic carbocycles. The smallest absolute Gasteiger partial charge is 0.371 e. The Morgan fingerprint density at radius 3 is 1.37 bits per heavy atom. The van der Waals surface area contributed by atoms with Crippen molar-refractivity contribution in [3.63, 3.8) is 0 Å². The maximum atomic E-state index is 12.4. The van der Waals surface area contributed by atoms with E-state index in [0.29, 0.717) is 19.4 Å². The molecule has 0 radical (unpaired) electrons. The van der Waals surface area contributed by atoms with Crippen molar-refractivity contribution in [2.75, 3.05) is 52.9 Å². The predicted molar refractivity (Wildman–Crippen MR) is 82.6 cm³/mol. The lowest BCUT2D eigenvalue weighted by Gasteiger charge is -2.35. The Morgan fingerprint density at radius 1 is 0.600 bits per heavy atom. The van der Waals surface area contributed by atoms with Gasteiger partial charge in [-0.1, -0.05) is 0 Å². The second kappa shape index (κ2) is 11.7. The van der Waals surface area contributed by atoms with Crippen LogP contribution in [0.3, 0.4) is 0 Å². The summed E-state index contributed by atoms with van der Waals surface area (Å²) in [6, 6.07) is 0. The van der Waals surface area contributed by atoms with Gasteiger partial charge < -0.3 is 23.7 Å². The molecule has 1 fully saturated rings. The van der Waals surface area contributed by atoms with Crippen molar-refractivity contribution in [3.8, 4) is 0 Å². The Hall–Kier alpha value is -0.830. The Labute approximate surface area is 166 Å². The molecule has 0 spiro atoms. The van der Waals surface area contributed by atoms with Crippen molar-refractivity contribution >= 4 is 0 Å². The highest BCUT2D eigenvalue weighted by atomic mass is 19.4. The van der Waals surface area contributed by atoms with Gasteiger partial charge in [-0.05, 0) is 19.3 Å². The summed E-state index contributed by atoms with van der Waals surface area (Å²) >= 11 is 0. The van der Waals surface area contributed by atoms with Crippen LogP contribution in [0.25, 0.3) is 0 Å². The lowest BCUT2D eigenvalue weighted by Crippen LogP contribution is -2.45. The molecular formula is C16H23F9O5. The molecule has 1 aliphatic heterocycles. The molecule has 0 aromatic heterocycles. The molecule has 0 amide bonds. The molecule has 0 N–H and O–H groups in total. The lowest BCUT2D eigenvalue weighted by atomic mass is 9.92. The van der Waals surface area contributed by atoms with Crippen LogP contribution in [0.1, 0.15) is 19.3 Å². The molecule has 1 unspecified atom stereocenters. The molecule has 14 heteroatoms. The summed E-state index contributed by atoms with van der Waals surface area (Å²) < 4.78 is 136. The van der Waals surface area contributed by atoms with Crippen molar-refractivity contribution in [2.24, 2.45) is 5.41 Å². The van der Waals surface area contributed by atoms with Gasteiger partial charge in [-0.15, -0.1) is 0 Å². The Morgan fingerprint density at radius 2 is 1.03 bits per heavy atom. The van der Waals surface area contributed by atoms with E-state index in [1.165, 1.54) is 0 Å². The van der Waals surface area contributed by atoms with Gasteiger partial charge in [0.05, 0.1) is 31.8 Å². The number of alkyl halides is 9. The normalized spacial score (nSPS) is 19.3. The van der Waals surface area contributed by atoms with E-state index in [0.717, 1.165) is 6.42 Å². The summed E-state index contributed by atoms with van der Waals surface area (Å²) in [4.78, 5) is 0. The first-order valence-electron chi connectivity index (χ1n) is 8.86. The summed E-state index contributed by atoms with van der Waals surface area (Å²) in [6.07, 6.45) is -13.2. The maximum absolute atomic E-state index is 12.4. The van der Waals surface area contributed by atoms with Crippen LogP contribution in [0.5, 0.6) is 0 Å². The van der Waals surface area contributed by atoms with E-state index in [-0.39, 0.29) is 0 Å². The standard InChI is InChI=1S/C16H23F9O5/c17-14(18,19)9-26-5-13(6-27-10-15(20,21)22,7-28-11-16(23,24)25)8-30-12-3-1-2-4-29-12/h12H,1-11H2. The third-order valence-electron chi connectivity index (χ3n) is 3.74. The van der Waals surface area contributed by atoms with Crippen LogP contribution >= 0.6 is 0 Å². The monoisotopic (exact) mass is 466 g/mol. The number of hydrogen-bond acceptors (Lipinski definition) is 5. The number of rotatable bonds is 12. The van der Waals surface area contributed by atoms with E-state index in [1.54, 1.807) is 0 Å². The minimum atomic E-state index is -4.75. The Balaban J connectivity index is 2.85. The first-order chi connectivity index (χ1) is 13.7. The molecule has 0 aromatic rings. The maximum Gasteiger partial charge on any atom is 0.411 e. The topological polar surface area (TPSA) is 46.2 Å². The third-order valence-corrected chi connectivity index (χ3v) is 3.74. The van der Waals surface area contributed by atoms with Crippen LogP contribution in [0.2, 0.25) is 0 Å². The number of halogens is 9. The fourth-order valence-corrected chi connectivity index (χ4v) is 2.51. The predicted octanol–water partition coefficient (Wildman–Crippen LogP) is 4.25. The highest BCUT2D eigenvalue weighted by Crippen LogP contribution is 2.27. The van der Waals surface area contributed by atoms with Gasteiger partial charge >= 0.3 is 18.5 Å². The van der Waals surface area contributed by atoms with E-state index in [4.69, 9.17) is 9.47 Å². The lowest BCUT2D eigenvalue weighted by molar-refractivity contribution is -0.233. The van der Waals surface area contributed by atoms with Crippen molar-refractivity contribution < 1.29 is 63.2 Å². The summed E-state index contributed by atoms with van der Waals surface area (Å²) in [7, 11) is 0. The van der Waals surface area contributed by atoms with Crippen molar-refractivity contribution in [3.05, 3.63) is 0 Å². The van der Waals surface area contributed by atoms with Gasteiger partial charge in [-0.25, -0.2) is 0 Å². The Kier molecular flexibility index (Phi) is 10.6. The third kappa shape index (κ3) is 13.5. The van der Waals surface area contributed by atoms with Crippen LogP contribution < -0.4 is 0 Å². The molecule has 0 aromatic carbocycles. The summed E-state index contributed by atoms with van der Waals surface area (Å²) in [5.74, 6) is 0. The largest absolute Gasteiger partial charge is 0.411 e. The molecule has 1 aliphatic rings. The summed E-state index contributed by atoms with van der Waals surface area (Å²) in [5, 5.41) is 0. The number of hydrogen-bond donors (Lipinski definition) is 0. The van der Waals surface area contributed by atoms with Crippen molar-refractivity contribution in [2.45, 2.75) is 44.1 Å². The highest BCUT2D eigenvalue weighted by Gasteiger charge is 2.39. The summed E-state index contributed by atoms with van der Waals surface area (Å²) in [6.45, 7) is -8.25. The second-order valence-electron chi connectivity index (χ2n) is 6.93. The van der Waals surface area contributed by atoms with Gasteiger partial charge in [-0.3, -0.25) is 0 Å². The van der Waals surface area contributed by atoms with Crippen LogP contribution in [0.15, 0.2) is 0 Å².